The first-order chi connectivity index (χ1) is 18.8. The summed E-state index contributed by atoms with van der Waals surface area (Å²) in [6.07, 6.45) is 5.67. The van der Waals surface area contributed by atoms with Gasteiger partial charge in [-0.2, -0.15) is 0 Å². The number of carbonyl (C=O) groups is 2. The lowest BCUT2D eigenvalue weighted by Gasteiger charge is -2.14. The number of esters is 1. The van der Waals surface area contributed by atoms with Crippen molar-refractivity contribution in [2.45, 2.75) is 46.0 Å². The number of benzene rings is 2. The number of carbonyl (C=O) groups excluding carboxylic acids is 2. The van der Waals surface area contributed by atoms with Crippen molar-refractivity contribution in [3.63, 3.8) is 0 Å². The van der Waals surface area contributed by atoms with E-state index in [1.54, 1.807) is 24.4 Å². The third-order valence-corrected chi connectivity index (χ3v) is 6.68. The van der Waals surface area contributed by atoms with E-state index < -0.39 is 0 Å². The number of ether oxygens (including phenoxy) is 3. The quantitative estimate of drug-likeness (QED) is 0.199. The van der Waals surface area contributed by atoms with Crippen molar-refractivity contribution in [1.29, 1.82) is 0 Å². The fraction of sp³-hybridized carbons (Fsp3) is 0.281. The Balaban J connectivity index is 1.67. The van der Waals surface area contributed by atoms with Crippen LogP contribution in [-0.4, -0.2) is 31.0 Å². The Morgan fingerprint density at radius 2 is 1.72 bits per heavy atom. The molecule has 1 aromatic heterocycles. The maximum absolute atomic E-state index is 14.3. The highest BCUT2D eigenvalue weighted by atomic mass is 19.1. The highest BCUT2D eigenvalue weighted by Gasteiger charge is 2.25. The first-order valence-corrected chi connectivity index (χ1v) is 12.9. The van der Waals surface area contributed by atoms with E-state index in [2.05, 4.69) is 4.98 Å². The van der Waals surface area contributed by atoms with Gasteiger partial charge in [-0.05, 0) is 95.6 Å². The van der Waals surface area contributed by atoms with Gasteiger partial charge in [0.05, 0.1) is 14.2 Å². The normalized spacial score (nSPS) is 13.4. The first-order valence-electron chi connectivity index (χ1n) is 12.9. The van der Waals surface area contributed by atoms with Crippen LogP contribution in [0.1, 0.15) is 61.9 Å². The molecule has 202 valence electrons. The van der Waals surface area contributed by atoms with Crippen molar-refractivity contribution in [2.75, 3.05) is 14.2 Å². The number of methoxy groups -OCH3 is 2. The number of fused-ring (bicyclic) bond motifs is 1. The molecule has 39 heavy (non-hydrogen) atoms. The van der Waals surface area contributed by atoms with Crippen LogP contribution in [0.15, 0.2) is 60.3 Å². The van der Waals surface area contributed by atoms with Crippen molar-refractivity contribution in [3.8, 4) is 17.2 Å². The predicted molar refractivity (Wildman–Crippen MR) is 149 cm³/mol. The summed E-state index contributed by atoms with van der Waals surface area (Å²) < 4.78 is 30.9. The summed E-state index contributed by atoms with van der Waals surface area (Å²) in [6.45, 7) is 3.88. The summed E-state index contributed by atoms with van der Waals surface area (Å²) in [5.41, 5.74) is 5.99. The Morgan fingerprint density at radius 1 is 0.974 bits per heavy atom. The SMILES string of the molecule is CCCC(=O)Oc1c(OC)cc(C=C2C(C)=C(CCC(=O)Cc3ccccn3)c3cc(F)ccc32)cc1OC. The third kappa shape index (κ3) is 6.42. The molecule has 0 fully saturated rings. The summed E-state index contributed by atoms with van der Waals surface area (Å²) in [7, 11) is 3.00. The van der Waals surface area contributed by atoms with Crippen LogP contribution < -0.4 is 14.2 Å². The van der Waals surface area contributed by atoms with Gasteiger partial charge in [0.25, 0.3) is 0 Å². The lowest BCUT2D eigenvalue weighted by Crippen LogP contribution is -2.09. The molecule has 0 unspecified atom stereocenters. The predicted octanol–water partition coefficient (Wildman–Crippen LogP) is 6.86. The standard InChI is InChI=1S/C32H32FNO5/c1-5-8-31(36)39-32-29(37-3)16-21(17-30(32)38-4)15-27-20(2)25(28-18-22(33)10-12-26(27)28)13-11-24(35)19-23-9-6-7-14-34-23/h6-7,9-10,12,14-18H,5,8,11,13,19H2,1-4H3. The lowest BCUT2D eigenvalue weighted by atomic mass is 9.98. The minimum Gasteiger partial charge on any atom is -0.493 e. The maximum atomic E-state index is 14.3. The second-order valence-electron chi connectivity index (χ2n) is 9.37. The Hall–Kier alpha value is -4.26. The minimum absolute atomic E-state index is 0.0760. The molecule has 0 aliphatic heterocycles. The average molecular weight is 530 g/mol. The van der Waals surface area contributed by atoms with Crippen molar-refractivity contribution in [1.82, 2.24) is 4.98 Å². The van der Waals surface area contributed by atoms with Crippen LogP contribution in [0.2, 0.25) is 0 Å². The summed E-state index contributed by atoms with van der Waals surface area (Å²) in [5, 5.41) is 0. The molecular formula is C32H32FNO5. The molecule has 2 aromatic carbocycles. The van der Waals surface area contributed by atoms with E-state index in [1.165, 1.54) is 26.4 Å². The highest BCUT2D eigenvalue weighted by molar-refractivity contribution is 6.05. The summed E-state index contributed by atoms with van der Waals surface area (Å²) in [6, 6.07) is 13.8. The molecule has 0 amide bonds. The van der Waals surface area contributed by atoms with Crippen LogP contribution in [0.25, 0.3) is 17.2 Å². The molecule has 1 aliphatic carbocycles. The number of aromatic nitrogens is 1. The zero-order chi connectivity index (χ0) is 27.9. The first kappa shape index (κ1) is 27.8. The van der Waals surface area contributed by atoms with Crippen LogP contribution in [0.5, 0.6) is 17.2 Å². The third-order valence-electron chi connectivity index (χ3n) is 6.68. The van der Waals surface area contributed by atoms with Crippen molar-refractivity contribution in [2.24, 2.45) is 0 Å². The van der Waals surface area contributed by atoms with Gasteiger partial charge in [-0.3, -0.25) is 14.6 Å². The molecule has 0 radical (unpaired) electrons. The highest BCUT2D eigenvalue weighted by Crippen LogP contribution is 2.46. The lowest BCUT2D eigenvalue weighted by molar-refractivity contribution is -0.134. The van der Waals surface area contributed by atoms with E-state index in [9.17, 15) is 14.0 Å². The molecule has 0 atom stereocenters. The Morgan fingerprint density at radius 3 is 2.36 bits per heavy atom. The minimum atomic E-state index is -0.368. The van der Waals surface area contributed by atoms with E-state index in [4.69, 9.17) is 14.2 Å². The van der Waals surface area contributed by atoms with E-state index in [0.29, 0.717) is 30.8 Å². The summed E-state index contributed by atoms with van der Waals surface area (Å²) >= 11 is 0. The molecule has 0 saturated carbocycles. The van der Waals surface area contributed by atoms with Crippen LogP contribution >= 0.6 is 0 Å². The fourth-order valence-electron chi connectivity index (χ4n) is 4.75. The summed E-state index contributed by atoms with van der Waals surface area (Å²) in [5.74, 6) is 0.338. The van der Waals surface area contributed by atoms with Gasteiger partial charge >= 0.3 is 5.97 Å². The Kier molecular flexibility index (Phi) is 8.92. The number of ketones is 1. The molecule has 7 heteroatoms. The fourth-order valence-corrected chi connectivity index (χ4v) is 4.75. The van der Waals surface area contributed by atoms with E-state index in [1.807, 2.05) is 38.1 Å². The average Bonchev–Trinajstić information content (AvgIpc) is 3.18. The molecule has 1 aliphatic rings. The summed E-state index contributed by atoms with van der Waals surface area (Å²) in [4.78, 5) is 29.1. The largest absolute Gasteiger partial charge is 0.493 e. The van der Waals surface area contributed by atoms with Crippen LogP contribution in [0.3, 0.4) is 0 Å². The van der Waals surface area contributed by atoms with E-state index in [-0.39, 0.29) is 36.2 Å². The van der Waals surface area contributed by atoms with Crippen molar-refractivity contribution >= 4 is 29.0 Å². The number of Topliss-reactive ketones (excluding diaryl/α,β-unsaturated/α-hetero) is 1. The monoisotopic (exact) mass is 529 g/mol. The molecule has 0 N–H and O–H groups in total. The molecular weight excluding hydrogens is 497 g/mol. The number of pyridine rings is 1. The zero-order valence-electron chi connectivity index (χ0n) is 22.7. The van der Waals surface area contributed by atoms with Crippen LogP contribution in [0, 0.1) is 5.82 Å². The van der Waals surface area contributed by atoms with Gasteiger partial charge in [0.15, 0.2) is 11.5 Å². The van der Waals surface area contributed by atoms with E-state index in [0.717, 1.165) is 39.1 Å². The van der Waals surface area contributed by atoms with Gasteiger partial charge in [0.2, 0.25) is 5.75 Å². The van der Waals surface area contributed by atoms with Gasteiger partial charge in [0.1, 0.15) is 11.6 Å². The molecule has 3 aromatic rings. The molecule has 0 bridgehead atoms. The van der Waals surface area contributed by atoms with Crippen molar-refractivity contribution in [3.05, 3.63) is 88.5 Å². The number of allylic oxidation sites excluding steroid dienone is 3. The van der Waals surface area contributed by atoms with Gasteiger partial charge in [-0.1, -0.05) is 19.1 Å². The second-order valence-corrected chi connectivity index (χ2v) is 9.37. The van der Waals surface area contributed by atoms with Gasteiger partial charge in [-0.25, -0.2) is 4.39 Å². The number of hydrogen-bond acceptors (Lipinski definition) is 6. The van der Waals surface area contributed by atoms with Crippen LogP contribution in [-0.2, 0) is 16.0 Å². The molecule has 6 nitrogen and oxygen atoms in total. The topological polar surface area (TPSA) is 74.7 Å². The van der Waals surface area contributed by atoms with Crippen LogP contribution in [0.4, 0.5) is 4.39 Å². The Labute approximate surface area is 228 Å². The zero-order valence-corrected chi connectivity index (χ0v) is 22.7. The molecule has 1 heterocycles. The number of nitrogens with zero attached hydrogens (tertiary/aromatic N) is 1. The van der Waals surface area contributed by atoms with Gasteiger partial charge in [0, 0.05) is 31.2 Å². The molecule has 0 spiro atoms. The second kappa shape index (κ2) is 12.5. The smallest absolute Gasteiger partial charge is 0.311 e. The number of rotatable bonds is 11. The Bertz CT molecular complexity index is 1420. The molecule has 4 rings (SSSR count). The maximum Gasteiger partial charge on any atom is 0.311 e. The van der Waals surface area contributed by atoms with E-state index >= 15 is 0 Å². The molecule has 0 saturated heterocycles. The van der Waals surface area contributed by atoms with Crippen molar-refractivity contribution < 1.29 is 28.2 Å². The number of hydrogen-bond donors (Lipinski definition) is 0. The number of halogens is 1. The van der Waals surface area contributed by atoms with Gasteiger partial charge in [-0.15, -0.1) is 0 Å². The van der Waals surface area contributed by atoms with Gasteiger partial charge < -0.3 is 14.2 Å².